The van der Waals surface area contributed by atoms with E-state index >= 15 is 0 Å². The number of methoxy groups -OCH3 is 2. The molecule has 1 aliphatic rings. The van der Waals surface area contributed by atoms with Crippen LogP contribution in [0.15, 0.2) is 27.9 Å². The van der Waals surface area contributed by atoms with Crippen LogP contribution in [-0.4, -0.2) is 44.4 Å². The molecule has 0 saturated heterocycles. The summed E-state index contributed by atoms with van der Waals surface area (Å²) in [5, 5.41) is 11.0. The Labute approximate surface area is 151 Å². The second-order valence-electron chi connectivity index (χ2n) is 5.07. The Balaban J connectivity index is 2.66. The van der Waals surface area contributed by atoms with Crippen LogP contribution in [-0.2, 0) is 23.8 Å². The van der Waals surface area contributed by atoms with E-state index in [1.807, 2.05) is 0 Å². The van der Waals surface area contributed by atoms with Gasteiger partial charge < -0.3 is 19.1 Å². The van der Waals surface area contributed by atoms with Gasteiger partial charge in [-0.1, -0.05) is 0 Å². The van der Waals surface area contributed by atoms with E-state index in [2.05, 4.69) is 15.9 Å². The third kappa shape index (κ3) is 3.64. The van der Waals surface area contributed by atoms with Crippen LogP contribution in [0.2, 0.25) is 0 Å². The number of carbonyl (C=O) groups excluding carboxylic acids is 2. The second-order valence-corrected chi connectivity index (χ2v) is 5.92. The van der Waals surface area contributed by atoms with Crippen LogP contribution in [0.3, 0.4) is 0 Å². The molecule has 0 spiro atoms. The van der Waals surface area contributed by atoms with Gasteiger partial charge in [0.05, 0.1) is 37.0 Å². The first-order chi connectivity index (χ1) is 11.8. The summed E-state index contributed by atoms with van der Waals surface area (Å²) in [6.45, 7) is 1.49. The zero-order chi connectivity index (χ0) is 18.7. The van der Waals surface area contributed by atoms with Gasteiger partial charge in [-0.3, -0.25) is 10.1 Å². The smallest absolute Gasteiger partial charge is 0.355 e. The van der Waals surface area contributed by atoms with Gasteiger partial charge in [0.2, 0.25) is 0 Å². The standard InChI is InChI=1S/C15H15BrN2O7/c1-8-4-9(18(21)22)5-11(16)12(8)17-7-25-6-10(14(19)23-2)13(17)15(20)24-3/h4-5H,6-7H2,1-3H3. The molecule has 0 aromatic heterocycles. The van der Waals surface area contributed by atoms with Crippen molar-refractivity contribution in [1.82, 2.24) is 0 Å². The highest BCUT2D eigenvalue weighted by Crippen LogP contribution is 2.37. The van der Waals surface area contributed by atoms with Crippen LogP contribution in [0, 0.1) is 17.0 Å². The fourth-order valence-electron chi connectivity index (χ4n) is 2.49. The third-order valence-electron chi connectivity index (χ3n) is 3.55. The lowest BCUT2D eigenvalue weighted by molar-refractivity contribution is -0.385. The molecular formula is C15H15BrN2O7. The Kier molecular flexibility index (Phi) is 5.75. The van der Waals surface area contributed by atoms with E-state index < -0.39 is 16.9 Å². The molecule has 0 amide bonds. The van der Waals surface area contributed by atoms with Crippen molar-refractivity contribution in [2.75, 3.05) is 32.5 Å². The molecule has 0 radical (unpaired) electrons. The Bertz CT molecular complexity index is 752. The van der Waals surface area contributed by atoms with E-state index in [-0.39, 0.29) is 30.3 Å². The van der Waals surface area contributed by atoms with Gasteiger partial charge >= 0.3 is 11.9 Å². The van der Waals surface area contributed by atoms with Crippen molar-refractivity contribution >= 4 is 39.2 Å². The monoisotopic (exact) mass is 414 g/mol. The van der Waals surface area contributed by atoms with E-state index in [0.717, 1.165) is 0 Å². The summed E-state index contributed by atoms with van der Waals surface area (Å²) in [4.78, 5) is 36.2. The molecule has 10 heteroatoms. The first-order valence-corrected chi connectivity index (χ1v) is 7.80. The number of ether oxygens (including phenoxy) is 3. The normalized spacial score (nSPS) is 14.3. The molecule has 9 nitrogen and oxygen atoms in total. The molecule has 2 rings (SSSR count). The summed E-state index contributed by atoms with van der Waals surface area (Å²) < 4.78 is 15.2. The van der Waals surface area contributed by atoms with Gasteiger partial charge in [0.15, 0.2) is 0 Å². The Morgan fingerprint density at radius 3 is 2.44 bits per heavy atom. The molecule has 1 heterocycles. The van der Waals surface area contributed by atoms with Crippen molar-refractivity contribution in [3.63, 3.8) is 0 Å². The predicted molar refractivity (Wildman–Crippen MR) is 89.9 cm³/mol. The molecule has 0 saturated carbocycles. The maximum atomic E-state index is 12.3. The summed E-state index contributed by atoms with van der Waals surface area (Å²) in [5.41, 5.74) is 0.829. The van der Waals surface area contributed by atoms with Crippen LogP contribution in [0.25, 0.3) is 0 Å². The van der Waals surface area contributed by atoms with E-state index in [9.17, 15) is 19.7 Å². The molecule has 1 aromatic rings. The molecule has 25 heavy (non-hydrogen) atoms. The summed E-state index contributed by atoms with van der Waals surface area (Å²) in [6.07, 6.45) is 0. The number of nitro benzene ring substituents is 1. The van der Waals surface area contributed by atoms with Crippen LogP contribution in [0.4, 0.5) is 11.4 Å². The highest BCUT2D eigenvalue weighted by Gasteiger charge is 2.34. The second kappa shape index (κ2) is 7.62. The fraction of sp³-hybridized carbons (Fsp3) is 0.333. The SMILES string of the molecule is COC(=O)C1=C(C(=O)OC)N(c2c(C)cc([N+](=O)[O-])cc2Br)COC1. The maximum absolute atomic E-state index is 12.3. The molecule has 0 fully saturated rings. The van der Waals surface area contributed by atoms with Crippen molar-refractivity contribution in [2.45, 2.75) is 6.92 Å². The van der Waals surface area contributed by atoms with Crippen molar-refractivity contribution in [1.29, 1.82) is 0 Å². The first-order valence-electron chi connectivity index (χ1n) is 7.01. The summed E-state index contributed by atoms with van der Waals surface area (Å²) in [5.74, 6) is -1.46. The molecule has 134 valence electrons. The molecule has 0 aliphatic carbocycles. The van der Waals surface area contributed by atoms with Crippen LogP contribution in [0.1, 0.15) is 5.56 Å². The first kappa shape index (κ1) is 18.9. The van der Waals surface area contributed by atoms with Gasteiger partial charge in [0.25, 0.3) is 5.69 Å². The minimum Gasteiger partial charge on any atom is -0.466 e. The van der Waals surface area contributed by atoms with E-state index in [4.69, 9.17) is 14.2 Å². The highest BCUT2D eigenvalue weighted by atomic mass is 79.9. The van der Waals surface area contributed by atoms with E-state index in [0.29, 0.717) is 15.7 Å². The van der Waals surface area contributed by atoms with Gasteiger partial charge in [0.1, 0.15) is 12.4 Å². The lowest BCUT2D eigenvalue weighted by Crippen LogP contribution is -2.39. The Hall–Kier alpha value is -2.46. The molecule has 0 unspecified atom stereocenters. The number of anilines is 1. The number of aryl methyl sites for hydroxylation is 1. The van der Waals surface area contributed by atoms with Gasteiger partial charge in [-0.2, -0.15) is 0 Å². The topological polar surface area (TPSA) is 108 Å². The molecule has 0 N–H and O–H groups in total. The van der Waals surface area contributed by atoms with Gasteiger partial charge in [-0.05, 0) is 28.4 Å². The van der Waals surface area contributed by atoms with Crippen molar-refractivity contribution < 1.29 is 28.7 Å². The molecule has 1 aromatic carbocycles. The van der Waals surface area contributed by atoms with Crippen molar-refractivity contribution in [3.8, 4) is 0 Å². The highest BCUT2D eigenvalue weighted by molar-refractivity contribution is 9.10. The van der Waals surface area contributed by atoms with Gasteiger partial charge in [0, 0.05) is 16.6 Å². The fourth-order valence-corrected chi connectivity index (χ4v) is 3.25. The maximum Gasteiger partial charge on any atom is 0.355 e. The Morgan fingerprint density at radius 2 is 1.92 bits per heavy atom. The van der Waals surface area contributed by atoms with Crippen molar-refractivity contribution in [3.05, 3.63) is 43.6 Å². The third-order valence-corrected chi connectivity index (χ3v) is 4.16. The van der Waals surface area contributed by atoms with E-state index in [1.165, 1.54) is 31.3 Å². The number of halogens is 1. The average Bonchev–Trinajstić information content (AvgIpc) is 2.59. The largest absolute Gasteiger partial charge is 0.466 e. The van der Waals surface area contributed by atoms with E-state index in [1.54, 1.807) is 6.92 Å². The number of esters is 2. The number of nitro groups is 1. The number of hydrogen-bond donors (Lipinski definition) is 0. The van der Waals surface area contributed by atoms with Gasteiger partial charge in [-0.25, -0.2) is 9.59 Å². The minimum atomic E-state index is -0.742. The Morgan fingerprint density at radius 1 is 1.28 bits per heavy atom. The lowest BCUT2D eigenvalue weighted by Gasteiger charge is -2.32. The quantitative estimate of drug-likeness (QED) is 0.418. The molecule has 1 aliphatic heterocycles. The van der Waals surface area contributed by atoms with Gasteiger partial charge in [-0.15, -0.1) is 0 Å². The molecule has 0 bridgehead atoms. The van der Waals surface area contributed by atoms with Crippen molar-refractivity contribution in [2.24, 2.45) is 0 Å². The summed E-state index contributed by atoms with van der Waals surface area (Å²) >= 11 is 3.28. The number of rotatable bonds is 4. The number of non-ortho nitro benzene ring substituents is 1. The number of carbonyl (C=O) groups is 2. The molecular weight excluding hydrogens is 400 g/mol. The zero-order valence-corrected chi connectivity index (χ0v) is 15.3. The number of nitrogens with zero attached hydrogens (tertiary/aromatic N) is 2. The summed E-state index contributed by atoms with van der Waals surface area (Å²) in [6, 6.07) is 2.67. The minimum absolute atomic E-state index is 0.00486. The molecule has 0 atom stereocenters. The van der Waals surface area contributed by atoms with Crippen LogP contribution < -0.4 is 4.90 Å². The summed E-state index contributed by atoms with van der Waals surface area (Å²) in [7, 11) is 2.38. The number of hydrogen-bond acceptors (Lipinski definition) is 8. The predicted octanol–water partition coefficient (Wildman–Crippen LogP) is 2.06. The lowest BCUT2D eigenvalue weighted by atomic mass is 10.1. The van der Waals surface area contributed by atoms with Crippen LogP contribution >= 0.6 is 15.9 Å². The average molecular weight is 415 g/mol. The zero-order valence-electron chi connectivity index (χ0n) is 13.7. The van der Waals surface area contributed by atoms with Crippen LogP contribution in [0.5, 0.6) is 0 Å². The number of benzene rings is 1.